The Balaban J connectivity index is 2.13. The van der Waals surface area contributed by atoms with Crippen LogP contribution in [0.3, 0.4) is 0 Å². The van der Waals surface area contributed by atoms with Gasteiger partial charge in [-0.1, -0.05) is 5.16 Å². The van der Waals surface area contributed by atoms with Crippen molar-refractivity contribution in [1.82, 2.24) is 5.16 Å². The molecule has 0 saturated heterocycles. The van der Waals surface area contributed by atoms with E-state index in [9.17, 15) is 4.21 Å². The summed E-state index contributed by atoms with van der Waals surface area (Å²) in [5, 5.41) is 3.82. The summed E-state index contributed by atoms with van der Waals surface area (Å²) in [6, 6.07) is 0. The van der Waals surface area contributed by atoms with E-state index in [2.05, 4.69) is 45.3 Å². The Kier molecular flexibility index (Phi) is 5.26. The van der Waals surface area contributed by atoms with E-state index >= 15 is 0 Å². The molecular formula is C17H24N2O3S. The third kappa shape index (κ3) is 3.48. The third-order valence-electron chi connectivity index (χ3n) is 4.81. The molecule has 0 amide bonds. The van der Waals surface area contributed by atoms with Crippen molar-refractivity contribution in [3.8, 4) is 0 Å². The average Bonchev–Trinajstić information content (AvgIpc) is 2.85. The van der Waals surface area contributed by atoms with Crippen LogP contribution in [0.25, 0.3) is 0 Å². The van der Waals surface area contributed by atoms with Gasteiger partial charge < -0.3 is 4.52 Å². The highest BCUT2D eigenvalue weighted by Gasteiger charge is 2.16. The van der Waals surface area contributed by atoms with Gasteiger partial charge in [-0.2, -0.15) is 4.28 Å². The number of nitrogens with zero attached hydrogens (tertiary/aromatic N) is 1. The molecule has 2 aromatic rings. The Morgan fingerprint density at radius 1 is 0.913 bits per heavy atom. The SMILES string of the molecule is Cc1onc(NOS(=O)Cc2c(C)c(C)c(C)c(C)c2C)c1C. The van der Waals surface area contributed by atoms with Crippen LogP contribution in [0.4, 0.5) is 5.82 Å². The Bertz CT molecular complexity index is 737. The van der Waals surface area contributed by atoms with Crippen molar-refractivity contribution in [3.63, 3.8) is 0 Å². The molecule has 6 heteroatoms. The second-order valence-corrected chi connectivity index (χ2v) is 7.01. The van der Waals surface area contributed by atoms with Crippen molar-refractivity contribution in [3.05, 3.63) is 44.7 Å². The molecule has 0 aliphatic rings. The van der Waals surface area contributed by atoms with Crippen molar-refractivity contribution in [2.45, 2.75) is 54.2 Å². The van der Waals surface area contributed by atoms with Crippen molar-refractivity contribution < 1.29 is 13.0 Å². The molecule has 1 atom stereocenters. The van der Waals surface area contributed by atoms with Gasteiger partial charge in [0.15, 0.2) is 16.9 Å². The molecule has 0 bridgehead atoms. The van der Waals surface area contributed by atoms with E-state index in [0.717, 1.165) is 11.1 Å². The van der Waals surface area contributed by atoms with Crippen LogP contribution in [-0.2, 0) is 21.1 Å². The number of nitrogens with one attached hydrogen (secondary N) is 1. The number of hydrogen-bond donors (Lipinski definition) is 1. The lowest BCUT2D eigenvalue weighted by Gasteiger charge is -2.18. The standard InChI is InChI=1S/C17H24N2O3S/c1-9-10(2)12(4)16(13(5)11(9)3)8-23(20)22-19-17-14(6)15(7)21-18-17/h8H2,1-7H3,(H,18,19). The highest BCUT2D eigenvalue weighted by atomic mass is 32.2. The minimum Gasteiger partial charge on any atom is -0.359 e. The molecule has 0 aliphatic carbocycles. The lowest BCUT2D eigenvalue weighted by atomic mass is 9.90. The largest absolute Gasteiger partial charge is 0.359 e. The van der Waals surface area contributed by atoms with Crippen LogP contribution >= 0.6 is 0 Å². The quantitative estimate of drug-likeness (QED) is 0.835. The fourth-order valence-corrected chi connectivity index (χ4v) is 3.44. The zero-order chi connectivity index (χ0) is 17.3. The van der Waals surface area contributed by atoms with E-state index in [0.29, 0.717) is 17.3 Å². The molecule has 1 heterocycles. The maximum absolute atomic E-state index is 12.3. The second-order valence-electron chi connectivity index (χ2n) is 5.95. The predicted molar refractivity (Wildman–Crippen MR) is 92.7 cm³/mol. The molecule has 5 nitrogen and oxygen atoms in total. The van der Waals surface area contributed by atoms with Crippen LogP contribution in [0, 0.1) is 48.5 Å². The van der Waals surface area contributed by atoms with E-state index in [1.165, 1.54) is 27.8 Å². The molecule has 126 valence electrons. The summed E-state index contributed by atoms with van der Waals surface area (Å²) in [5.74, 6) is 1.50. The number of rotatable bonds is 5. The zero-order valence-electron chi connectivity index (χ0n) is 14.8. The molecule has 0 aliphatic heterocycles. The van der Waals surface area contributed by atoms with Crippen LogP contribution in [0.5, 0.6) is 0 Å². The first kappa shape index (κ1) is 17.7. The van der Waals surface area contributed by atoms with Crippen LogP contribution in [0.15, 0.2) is 4.52 Å². The fourth-order valence-electron chi connectivity index (χ4n) is 2.54. The summed E-state index contributed by atoms with van der Waals surface area (Å²) >= 11 is -1.51. The van der Waals surface area contributed by atoms with E-state index in [4.69, 9.17) is 8.81 Å². The average molecular weight is 336 g/mol. The summed E-state index contributed by atoms with van der Waals surface area (Å²) in [4.78, 5) is 0. The molecule has 0 radical (unpaired) electrons. The van der Waals surface area contributed by atoms with Crippen LogP contribution < -0.4 is 5.48 Å². The minimum absolute atomic E-state index is 0.336. The van der Waals surface area contributed by atoms with Crippen molar-refractivity contribution >= 4 is 16.9 Å². The zero-order valence-corrected chi connectivity index (χ0v) is 15.6. The van der Waals surface area contributed by atoms with Gasteiger partial charge in [0.2, 0.25) is 0 Å². The number of anilines is 1. The smallest absolute Gasteiger partial charge is 0.197 e. The Morgan fingerprint density at radius 3 is 1.91 bits per heavy atom. The van der Waals surface area contributed by atoms with Gasteiger partial charge in [-0.3, -0.25) is 0 Å². The molecule has 23 heavy (non-hydrogen) atoms. The molecule has 1 unspecified atom stereocenters. The van der Waals surface area contributed by atoms with Gasteiger partial charge in [-0.05, 0) is 81.8 Å². The van der Waals surface area contributed by atoms with Gasteiger partial charge >= 0.3 is 0 Å². The second kappa shape index (κ2) is 6.84. The Hall–Kier alpha value is -1.66. The monoisotopic (exact) mass is 336 g/mol. The van der Waals surface area contributed by atoms with Crippen molar-refractivity contribution in [2.75, 3.05) is 5.48 Å². The fraction of sp³-hybridized carbons (Fsp3) is 0.471. The molecule has 2 rings (SSSR count). The van der Waals surface area contributed by atoms with E-state index in [1.807, 2.05) is 13.8 Å². The molecule has 0 spiro atoms. The van der Waals surface area contributed by atoms with Gasteiger partial charge in [-0.25, -0.2) is 9.69 Å². The third-order valence-corrected chi connectivity index (χ3v) is 5.60. The van der Waals surface area contributed by atoms with Crippen LogP contribution in [-0.4, -0.2) is 9.37 Å². The predicted octanol–water partition coefficient (Wildman–Crippen LogP) is 4.04. The molecule has 0 fully saturated rings. The summed E-state index contributed by atoms with van der Waals surface area (Å²) in [5.41, 5.74) is 10.7. The minimum atomic E-state index is -1.51. The number of benzene rings is 1. The van der Waals surface area contributed by atoms with E-state index in [1.54, 1.807) is 0 Å². The highest BCUT2D eigenvalue weighted by Crippen LogP contribution is 2.27. The van der Waals surface area contributed by atoms with Crippen molar-refractivity contribution in [2.24, 2.45) is 0 Å². The lowest BCUT2D eigenvalue weighted by Crippen LogP contribution is -2.11. The summed E-state index contributed by atoms with van der Waals surface area (Å²) in [6.07, 6.45) is 0. The first-order chi connectivity index (χ1) is 10.7. The summed E-state index contributed by atoms with van der Waals surface area (Å²) in [6.45, 7) is 14.1. The van der Waals surface area contributed by atoms with Gasteiger partial charge in [0.1, 0.15) is 5.76 Å². The Labute approximate surface area is 140 Å². The molecule has 1 N–H and O–H groups in total. The van der Waals surface area contributed by atoms with Crippen LogP contribution in [0.2, 0.25) is 0 Å². The van der Waals surface area contributed by atoms with Gasteiger partial charge in [-0.15, -0.1) is 0 Å². The summed E-state index contributed by atoms with van der Waals surface area (Å²) < 4.78 is 22.6. The Morgan fingerprint density at radius 2 is 1.43 bits per heavy atom. The normalized spacial score (nSPS) is 12.5. The molecule has 0 saturated carbocycles. The maximum atomic E-state index is 12.3. The first-order valence-corrected chi connectivity index (χ1v) is 8.78. The molecule has 1 aromatic heterocycles. The van der Waals surface area contributed by atoms with E-state index < -0.39 is 11.1 Å². The molecular weight excluding hydrogens is 312 g/mol. The maximum Gasteiger partial charge on any atom is 0.197 e. The van der Waals surface area contributed by atoms with Gasteiger partial charge in [0.05, 0.1) is 5.75 Å². The van der Waals surface area contributed by atoms with Gasteiger partial charge in [0, 0.05) is 5.56 Å². The van der Waals surface area contributed by atoms with E-state index in [-0.39, 0.29) is 0 Å². The molecule has 1 aromatic carbocycles. The number of hydrogen-bond acceptors (Lipinski definition) is 5. The summed E-state index contributed by atoms with van der Waals surface area (Å²) in [7, 11) is 0. The number of aryl methyl sites for hydroxylation is 1. The lowest BCUT2D eigenvalue weighted by molar-refractivity contribution is 0.383. The first-order valence-electron chi connectivity index (χ1n) is 7.54. The topological polar surface area (TPSA) is 64.4 Å². The number of aromatic nitrogens is 1. The van der Waals surface area contributed by atoms with Crippen LogP contribution in [0.1, 0.15) is 44.7 Å². The van der Waals surface area contributed by atoms with Gasteiger partial charge in [0.25, 0.3) is 0 Å². The van der Waals surface area contributed by atoms with Crippen molar-refractivity contribution in [1.29, 1.82) is 0 Å². The highest BCUT2D eigenvalue weighted by molar-refractivity contribution is 7.79.